The van der Waals surface area contributed by atoms with Gasteiger partial charge in [-0.05, 0) is 36.8 Å². The molecule has 9 heteroatoms. The molecule has 8 nitrogen and oxygen atoms in total. The van der Waals surface area contributed by atoms with Gasteiger partial charge in [-0.1, -0.05) is 30.3 Å². The second-order valence-corrected chi connectivity index (χ2v) is 8.27. The highest BCUT2D eigenvalue weighted by atomic mass is 32.2. The van der Waals surface area contributed by atoms with Gasteiger partial charge in [-0.3, -0.25) is 10.1 Å². The molecule has 0 aliphatic rings. The van der Waals surface area contributed by atoms with Gasteiger partial charge in [-0.2, -0.15) is 0 Å². The van der Waals surface area contributed by atoms with Gasteiger partial charge in [0.05, 0.1) is 11.3 Å². The lowest BCUT2D eigenvalue weighted by molar-refractivity contribution is -0.127. The topological polar surface area (TPSA) is 119 Å². The van der Waals surface area contributed by atoms with Gasteiger partial charge in [-0.25, -0.2) is 18.0 Å². The van der Waals surface area contributed by atoms with Crippen molar-refractivity contribution in [1.82, 2.24) is 5.32 Å². The highest BCUT2D eigenvalue weighted by Gasteiger charge is 2.21. The van der Waals surface area contributed by atoms with E-state index in [-0.39, 0.29) is 11.3 Å². The van der Waals surface area contributed by atoms with E-state index in [1.165, 1.54) is 25.1 Å². The fourth-order valence-electron chi connectivity index (χ4n) is 2.27. The van der Waals surface area contributed by atoms with Crippen molar-refractivity contribution in [1.29, 1.82) is 0 Å². The van der Waals surface area contributed by atoms with Crippen LogP contribution in [0.5, 0.6) is 0 Å². The van der Waals surface area contributed by atoms with Crippen molar-refractivity contribution in [2.45, 2.75) is 18.8 Å². The monoisotopic (exact) mass is 404 g/mol. The number of carbonyl (C=O) groups is 3. The lowest BCUT2D eigenvalue weighted by Crippen LogP contribution is -2.41. The molecule has 2 rings (SSSR count). The molecule has 1 unspecified atom stereocenters. The van der Waals surface area contributed by atoms with E-state index in [1.54, 1.807) is 36.4 Å². The lowest BCUT2D eigenvalue weighted by atomic mass is 10.1. The van der Waals surface area contributed by atoms with Crippen molar-refractivity contribution < 1.29 is 27.5 Å². The number of hydrogen-bond donors (Lipinski definition) is 2. The van der Waals surface area contributed by atoms with Crippen LogP contribution < -0.4 is 10.6 Å². The minimum absolute atomic E-state index is 0.106. The number of imide groups is 1. The van der Waals surface area contributed by atoms with Gasteiger partial charge in [0, 0.05) is 11.9 Å². The van der Waals surface area contributed by atoms with E-state index in [9.17, 15) is 22.8 Å². The number of anilines is 1. The first-order valence-corrected chi connectivity index (χ1v) is 10.3. The molecule has 1 atom stereocenters. The number of ether oxygens (including phenoxy) is 1. The van der Waals surface area contributed by atoms with Crippen LogP contribution in [0.15, 0.2) is 54.6 Å². The Kier molecular flexibility index (Phi) is 6.89. The summed E-state index contributed by atoms with van der Waals surface area (Å²) in [7, 11) is -3.26. The maximum absolute atomic E-state index is 12.2. The molecular formula is C19H20N2O6S. The number of hydrogen-bond acceptors (Lipinski definition) is 6. The Bertz CT molecular complexity index is 973. The average Bonchev–Trinajstić information content (AvgIpc) is 2.61. The molecule has 0 bridgehead atoms. The fraction of sp³-hybridized carbons (Fsp3) is 0.211. The quantitative estimate of drug-likeness (QED) is 0.712. The van der Waals surface area contributed by atoms with Gasteiger partial charge in [0.2, 0.25) is 0 Å². The van der Waals surface area contributed by atoms with E-state index in [0.717, 1.165) is 6.26 Å². The van der Waals surface area contributed by atoms with E-state index in [0.29, 0.717) is 11.3 Å². The molecule has 2 aromatic carbocycles. The van der Waals surface area contributed by atoms with Crippen LogP contribution in [0.3, 0.4) is 0 Å². The normalized spacial score (nSPS) is 11.9. The lowest BCUT2D eigenvalue weighted by Gasteiger charge is -2.13. The number of amides is 3. The van der Waals surface area contributed by atoms with Crippen molar-refractivity contribution in [3.63, 3.8) is 0 Å². The summed E-state index contributed by atoms with van der Waals surface area (Å²) in [5, 5.41) is 4.56. The number of carbonyl (C=O) groups excluding carboxylic acids is 3. The molecule has 0 aromatic heterocycles. The number of rotatable bonds is 6. The van der Waals surface area contributed by atoms with Crippen LogP contribution in [-0.2, 0) is 25.1 Å². The summed E-state index contributed by atoms with van der Waals surface area (Å²) in [6.07, 6.45) is -0.141. The predicted molar refractivity (Wildman–Crippen MR) is 103 cm³/mol. The third-order valence-electron chi connectivity index (χ3n) is 3.51. The molecule has 0 aliphatic heterocycles. The zero-order valence-corrected chi connectivity index (χ0v) is 16.2. The zero-order chi connectivity index (χ0) is 20.7. The zero-order valence-electron chi connectivity index (χ0n) is 15.3. The minimum Gasteiger partial charge on any atom is -0.449 e. The van der Waals surface area contributed by atoms with Crippen LogP contribution in [0.2, 0.25) is 0 Å². The molecule has 0 heterocycles. The Labute approximate surface area is 162 Å². The second kappa shape index (κ2) is 9.14. The largest absolute Gasteiger partial charge is 0.449 e. The Morgan fingerprint density at radius 2 is 1.71 bits per heavy atom. The van der Waals surface area contributed by atoms with Crippen LogP contribution in [0.1, 0.15) is 22.8 Å². The molecule has 0 saturated carbocycles. The van der Waals surface area contributed by atoms with E-state index < -0.39 is 33.8 Å². The van der Waals surface area contributed by atoms with Crippen molar-refractivity contribution in [2.75, 3.05) is 11.6 Å². The Morgan fingerprint density at radius 1 is 1.04 bits per heavy atom. The van der Waals surface area contributed by atoms with E-state index in [4.69, 9.17) is 4.74 Å². The standard InChI is InChI=1S/C19H20N2O6S/c1-13(17(22)21-19(24)20-16-9-4-3-5-10-16)27-18(23)15-8-6-7-14(11-15)12-28(2,25)26/h3-11,13H,12H2,1-2H3,(H2,20,21,22,24). The molecule has 0 aliphatic carbocycles. The molecule has 0 saturated heterocycles. The first kappa shape index (κ1) is 21.1. The summed E-state index contributed by atoms with van der Waals surface area (Å²) in [6.45, 7) is 1.32. The van der Waals surface area contributed by atoms with Crippen molar-refractivity contribution in [3.05, 3.63) is 65.7 Å². The Balaban J connectivity index is 1.93. The summed E-state index contributed by atoms with van der Waals surface area (Å²) in [4.78, 5) is 36.1. The number of sulfone groups is 1. The number of esters is 1. The van der Waals surface area contributed by atoms with Crippen LogP contribution >= 0.6 is 0 Å². The number of benzene rings is 2. The number of urea groups is 1. The summed E-state index contributed by atoms with van der Waals surface area (Å²) in [5.74, 6) is -1.82. The van der Waals surface area contributed by atoms with E-state index in [2.05, 4.69) is 10.6 Å². The van der Waals surface area contributed by atoms with Crippen molar-refractivity contribution in [3.8, 4) is 0 Å². The average molecular weight is 404 g/mol. The molecule has 0 radical (unpaired) electrons. The van der Waals surface area contributed by atoms with Gasteiger partial charge in [0.15, 0.2) is 15.9 Å². The van der Waals surface area contributed by atoms with E-state index in [1.807, 2.05) is 0 Å². The summed E-state index contributed by atoms with van der Waals surface area (Å²) in [6, 6.07) is 13.7. The first-order valence-electron chi connectivity index (χ1n) is 8.28. The smallest absolute Gasteiger partial charge is 0.338 e. The molecule has 2 N–H and O–H groups in total. The predicted octanol–water partition coefficient (Wildman–Crippen LogP) is 2.12. The minimum atomic E-state index is -3.26. The fourth-order valence-corrected chi connectivity index (χ4v) is 3.06. The van der Waals surface area contributed by atoms with Gasteiger partial charge in [0.25, 0.3) is 5.91 Å². The summed E-state index contributed by atoms with van der Waals surface area (Å²) < 4.78 is 27.8. The number of para-hydroxylation sites is 1. The molecule has 0 spiro atoms. The molecule has 148 valence electrons. The molecule has 0 fully saturated rings. The maximum Gasteiger partial charge on any atom is 0.338 e. The van der Waals surface area contributed by atoms with Gasteiger partial charge >= 0.3 is 12.0 Å². The highest BCUT2D eigenvalue weighted by Crippen LogP contribution is 2.11. The van der Waals surface area contributed by atoms with Crippen LogP contribution in [0.4, 0.5) is 10.5 Å². The molecule has 3 amide bonds. The highest BCUT2D eigenvalue weighted by molar-refractivity contribution is 7.89. The SMILES string of the molecule is CC(OC(=O)c1cccc(CS(C)(=O)=O)c1)C(=O)NC(=O)Nc1ccccc1. The second-order valence-electron chi connectivity index (χ2n) is 6.13. The van der Waals surface area contributed by atoms with Crippen LogP contribution in [0.25, 0.3) is 0 Å². The van der Waals surface area contributed by atoms with Crippen LogP contribution in [-0.4, -0.2) is 38.7 Å². The summed E-state index contributed by atoms with van der Waals surface area (Å²) in [5.41, 5.74) is 1.03. The van der Waals surface area contributed by atoms with Crippen molar-refractivity contribution >= 4 is 33.4 Å². The molecule has 2 aromatic rings. The first-order chi connectivity index (χ1) is 13.1. The van der Waals surface area contributed by atoms with Gasteiger partial charge in [-0.15, -0.1) is 0 Å². The van der Waals surface area contributed by atoms with Crippen molar-refractivity contribution in [2.24, 2.45) is 0 Å². The maximum atomic E-state index is 12.2. The van der Waals surface area contributed by atoms with Crippen LogP contribution in [0, 0.1) is 0 Å². The van der Waals surface area contributed by atoms with E-state index >= 15 is 0 Å². The Hall–Kier alpha value is -3.20. The van der Waals surface area contributed by atoms with Gasteiger partial charge in [0.1, 0.15) is 0 Å². The Morgan fingerprint density at radius 3 is 2.36 bits per heavy atom. The molecular weight excluding hydrogens is 384 g/mol. The summed E-state index contributed by atoms with van der Waals surface area (Å²) >= 11 is 0. The number of nitrogens with one attached hydrogen (secondary N) is 2. The van der Waals surface area contributed by atoms with Gasteiger partial charge < -0.3 is 10.1 Å². The third-order valence-corrected chi connectivity index (χ3v) is 4.37. The third kappa shape index (κ3) is 6.84. The molecule has 28 heavy (non-hydrogen) atoms.